The van der Waals surface area contributed by atoms with E-state index in [9.17, 15) is 40.3 Å². The average Bonchev–Trinajstić information content (AvgIpc) is 3.54. The SMILES string of the molecule is C[C@H](NS(=O)(=O)c1ccc(-c2sc(-c3nnc(CC(C)(C)C(=O)O)o3)nc2CC2CCCCC2)c(C(F)F)c1F)C(F)(F)F. The monoisotopic (exact) mass is 668 g/mol. The van der Waals surface area contributed by atoms with Crippen LogP contribution < -0.4 is 4.72 Å². The summed E-state index contributed by atoms with van der Waals surface area (Å²) in [7, 11) is -5.18. The number of aliphatic carboxylic acids is 1. The van der Waals surface area contributed by atoms with Crippen LogP contribution in [0.5, 0.6) is 0 Å². The summed E-state index contributed by atoms with van der Waals surface area (Å²) in [5, 5.41) is 17.3. The van der Waals surface area contributed by atoms with Crippen molar-refractivity contribution in [2.45, 2.75) is 89.3 Å². The molecule has 2 aromatic heterocycles. The molecule has 0 aliphatic heterocycles. The second-order valence-electron chi connectivity index (χ2n) is 11.4. The van der Waals surface area contributed by atoms with Gasteiger partial charge >= 0.3 is 12.1 Å². The zero-order chi connectivity index (χ0) is 32.6. The summed E-state index contributed by atoms with van der Waals surface area (Å²) in [5.41, 5.74) is -2.60. The Balaban J connectivity index is 1.80. The van der Waals surface area contributed by atoms with E-state index in [4.69, 9.17) is 4.42 Å². The summed E-state index contributed by atoms with van der Waals surface area (Å²) in [5.74, 6) is -2.97. The molecule has 2 heterocycles. The Morgan fingerprint density at radius 3 is 2.41 bits per heavy atom. The lowest BCUT2D eigenvalue weighted by molar-refractivity contribution is -0.147. The lowest BCUT2D eigenvalue weighted by Crippen LogP contribution is -2.43. The molecule has 9 nitrogen and oxygen atoms in total. The molecule has 4 rings (SSSR count). The van der Waals surface area contributed by atoms with Crippen LogP contribution in [0.1, 0.15) is 76.4 Å². The van der Waals surface area contributed by atoms with Gasteiger partial charge in [0.2, 0.25) is 15.9 Å². The number of halogens is 6. The number of carboxylic acid groups (broad SMARTS) is 1. The fraction of sp³-hybridized carbons (Fsp3) is 0.556. The van der Waals surface area contributed by atoms with E-state index in [1.54, 1.807) is 0 Å². The van der Waals surface area contributed by atoms with E-state index in [0.29, 0.717) is 25.1 Å². The highest BCUT2D eigenvalue weighted by Crippen LogP contribution is 2.43. The van der Waals surface area contributed by atoms with Crippen molar-refractivity contribution in [3.8, 4) is 21.3 Å². The standard InChI is InChI=1S/C27H30F6N4O5S2/c1-13(27(31,32)33)37-44(40,41)17-10-9-15(19(20(17)28)22(29)30)21-16(11-14-7-5-4-6-8-14)34-24(43-21)23-36-35-18(42-23)12-26(2,3)25(38)39/h9-10,13-14,22,37H,4-8,11-12H2,1-3H3,(H,38,39)/t13-/m0/s1. The summed E-state index contributed by atoms with van der Waals surface area (Å²) in [4.78, 5) is 14.8. The molecule has 1 atom stereocenters. The molecule has 0 saturated heterocycles. The molecular formula is C27H30F6N4O5S2. The first-order valence-electron chi connectivity index (χ1n) is 13.7. The quantitative estimate of drug-likeness (QED) is 0.210. The molecule has 1 fully saturated rings. The minimum Gasteiger partial charge on any atom is -0.481 e. The zero-order valence-electron chi connectivity index (χ0n) is 23.8. The number of benzene rings is 1. The third-order valence-corrected chi connectivity index (χ3v) is 10.1. The van der Waals surface area contributed by atoms with Gasteiger partial charge in [0.05, 0.1) is 21.5 Å². The van der Waals surface area contributed by atoms with E-state index in [1.807, 2.05) is 0 Å². The predicted octanol–water partition coefficient (Wildman–Crippen LogP) is 6.94. The summed E-state index contributed by atoms with van der Waals surface area (Å²) in [6.45, 7) is 3.43. The first kappa shape index (κ1) is 33.8. The van der Waals surface area contributed by atoms with Crippen LogP contribution in [0.4, 0.5) is 26.3 Å². The van der Waals surface area contributed by atoms with Gasteiger partial charge in [0, 0.05) is 12.0 Å². The highest BCUT2D eigenvalue weighted by atomic mass is 32.2. The van der Waals surface area contributed by atoms with Crippen molar-refractivity contribution >= 4 is 27.3 Å². The Morgan fingerprint density at radius 1 is 1.16 bits per heavy atom. The Kier molecular flexibility index (Phi) is 9.80. The van der Waals surface area contributed by atoms with Gasteiger partial charge in [-0.05, 0) is 39.2 Å². The highest BCUT2D eigenvalue weighted by Gasteiger charge is 2.40. The number of carbonyl (C=O) groups is 1. The smallest absolute Gasteiger partial charge is 0.404 e. The third-order valence-electron chi connectivity index (χ3n) is 7.45. The molecule has 0 bridgehead atoms. The number of rotatable bonds is 11. The molecule has 0 amide bonds. The maximum atomic E-state index is 15.6. The van der Waals surface area contributed by atoms with E-state index in [0.717, 1.165) is 49.5 Å². The van der Waals surface area contributed by atoms with Crippen molar-refractivity contribution in [3.63, 3.8) is 0 Å². The maximum Gasteiger partial charge on any atom is 0.404 e. The van der Waals surface area contributed by atoms with E-state index in [1.165, 1.54) is 18.6 Å². The minimum absolute atomic E-state index is 0.00700. The molecule has 242 valence electrons. The number of carboxylic acids is 1. The molecule has 1 aliphatic carbocycles. The molecule has 1 saturated carbocycles. The van der Waals surface area contributed by atoms with Crippen LogP contribution in [0.15, 0.2) is 21.4 Å². The molecule has 1 aliphatic rings. The second-order valence-corrected chi connectivity index (χ2v) is 14.1. The minimum atomic E-state index is -5.18. The molecular weight excluding hydrogens is 638 g/mol. The Morgan fingerprint density at radius 2 is 1.82 bits per heavy atom. The van der Waals surface area contributed by atoms with Crippen LogP contribution in [0.2, 0.25) is 0 Å². The van der Waals surface area contributed by atoms with Crippen molar-refractivity contribution in [2.24, 2.45) is 11.3 Å². The summed E-state index contributed by atoms with van der Waals surface area (Å²) in [6, 6.07) is -1.04. The Hall–Kier alpha value is -3.05. The summed E-state index contributed by atoms with van der Waals surface area (Å²) in [6.07, 6.45) is -3.68. The molecule has 0 radical (unpaired) electrons. The Labute approximate surface area is 253 Å². The largest absolute Gasteiger partial charge is 0.481 e. The number of hydrogen-bond donors (Lipinski definition) is 2. The third kappa shape index (κ3) is 7.42. The van der Waals surface area contributed by atoms with Crippen LogP contribution in [0.3, 0.4) is 0 Å². The van der Waals surface area contributed by atoms with Crippen LogP contribution in [0, 0.1) is 17.2 Å². The van der Waals surface area contributed by atoms with Crippen molar-refractivity contribution in [1.29, 1.82) is 0 Å². The fourth-order valence-electron chi connectivity index (χ4n) is 4.88. The van der Waals surface area contributed by atoms with Gasteiger partial charge in [-0.1, -0.05) is 38.2 Å². The number of nitrogens with one attached hydrogen (secondary N) is 1. The van der Waals surface area contributed by atoms with Gasteiger partial charge in [-0.3, -0.25) is 4.79 Å². The molecule has 3 aromatic rings. The van der Waals surface area contributed by atoms with Gasteiger partial charge in [0.1, 0.15) is 10.9 Å². The topological polar surface area (TPSA) is 135 Å². The first-order valence-corrected chi connectivity index (χ1v) is 16.0. The summed E-state index contributed by atoms with van der Waals surface area (Å²) >= 11 is 0.822. The number of nitrogens with zero attached hydrogens (tertiary/aromatic N) is 3. The molecule has 0 unspecified atom stereocenters. The van der Waals surface area contributed by atoms with Gasteiger partial charge < -0.3 is 9.52 Å². The molecule has 17 heteroatoms. The fourth-order valence-corrected chi connectivity index (χ4v) is 7.25. The molecule has 44 heavy (non-hydrogen) atoms. The number of alkyl halides is 5. The van der Waals surface area contributed by atoms with Crippen molar-refractivity contribution in [3.05, 3.63) is 35.1 Å². The van der Waals surface area contributed by atoms with Gasteiger partial charge in [-0.25, -0.2) is 26.6 Å². The molecule has 1 aromatic carbocycles. The van der Waals surface area contributed by atoms with Crippen molar-refractivity contribution < 1.29 is 49.1 Å². The average molecular weight is 669 g/mol. The Bertz CT molecular complexity index is 1610. The maximum absolute atomic E-state index is 15.6. The number of hydrogen-bond acceptors (Lipinski definition) is 8. The van der Waals surface area contributed by atoms with Crippen LogP contribution in [-0.2, 0) is 27.7 Å². The van der Waals surface area contributed by atoms with Gasteiger partial charge in [-0.2, -0.15) is 17.9 Å². The zero-order valence-corrected chi connectivity index (χ0v) is 25.5. The van der Waals surface area contributed by atoms with Crippen LogP contribution in [-0.4, -0.2) is 46.9 Å². The second kappa shape index (κ2) is 12.7. The lowest BCUT2D eigenvalue weighted by atomic mass is 9.85. The van der Waals surface area contributed by atoms with Crippen molar-refractivity contribution in [2.75, 3.05) is 0 Å². The van der Waals surface area contributed by atoms with Gasteiger partial charge in [0.15, 0.2) is 10.8 Å². The highest BCUT2D eigenvalue weighted by molar-refractivity contribution is 7.89. The van der Waals surface area contributed by atoms with E-state index in [2.05, 4.69) is 15.2 Å². The predicted molar refractivity (Wildman–Crippen MR) is 147 cm³/mol. The summed E-state index contributed by atoms with van der Waals surface area (Å²) < 4.78 is 116. The van der Waals surface area contributed by atoms with Crippen LogP contribution in [0.25, 0.3) is 21.3 Å². The van der Waals surface area contributed by atoms with Gasteiger partial charge in [0.25, 0.3) is 12.3 Å². The lowest BCUT2D eigenvalue weighted by Gasteiger charge is -2.21. The molecule has 0 spiro atoms. The van der Waals surface area contributed by atoms with Crippen LogP contribution >= 0.6 is 11.3 Å². The van der Waals surface area contributed by atoms with E-state index < -0.39 is 56.3 Å². The normalized spacial score (nSPS) is 16.0. The van der Waals surface area contributed by atoms with E-state index in [-0.39, 0.29) is 39.6 Å². The number of thiazole rings is 1. The first-order chi connectivity index (χ1) is 20.4. The number of sulfonamides is 1. The van der Waals surface area contributed by atoms with Crippen molar-refractivity contribution in [1.82, 2.24) is 19.9 Å². The van der Waals surface area contributed by atoms with Gasteiger partial charge in [-0.15, -0.1) is 21.5 Å². The number of aromatic nitrogens is 3. The molecule has 2 N–H and O–H groups in total. The van der Waals surface area contributed by atoms with E-state index >= 15 is 4.39 Å².